The zero-order valence-corrected chi connectivity index (χ0v) is 19.1. The minimum atomic E-state index is -1.05. The minimum absolute atomic E-state index is 0. The molecule has 31 heavy (non-hydrogen) atoms. The van der Waals surface area contributed by atoms with Crippen molar-refractivity contribution in [2.24, 2.45) is 0 Å². The lowest BCUT2D eigenvalue weighted by molar-refractivity contribution is -0.110. The Kier molecular flexibility index (Phi) is 8.00. The van der Waals surface area contributed by atoms with Crippen LogP contribution in [-0.2, 0) is 26.9 Å². The molecule has 0 amide bonds. The lowest BCUT2D eigenvalue weighted by atomic mass is 9.97. The van der Waals surface area contributed by atoms with Crippen LogP contribution in [0.3, 0.4) is 0 Å². The summed E-state index contributed by atoms with van der Waals surface area (Å²) in [6.45, 7) is 2.58. The molecule has 0 saturated carbocycles. The molecular weight excluding hydrogens is 439 g/mol. The summed E-state index contributed by atoms with van der Waals surface area (Å²) in [5.74, 6) is 0.378. The van der Waals surface area contributed by atoms with Crippen LogP contribution in [0, 0.1) is 12.7 Å². The molecular formula is C23H26ClFN2O3S. The number of ether oxygens (including phenoxy) is 2. The Morgan fingerprint density at radius 3 is 2.68 bits per heavy atom. The van der Waals surface area contributed by atoms with Gasteiger partial charge in [0, 0.05) is 36.1 Å². The second-order valence-corrected chi connectivity index (χ2v) is 9.04. The first-order valence-electron chi connectivity index (χ1n) is 9.93. The van der Waals surface area contributed by atoms with Gasteiger partial charge in [-0.1, -0.05) is 36.4 Å². The summed E-state index contributed by atoms with van der Waals surface area (Å²) in [7, 11) is -1.05. The summed E-state index contributed by atoms with van der Waals surface area (Å²) in [5, 5.41) is -0.137. The lowest BCUT2D eigenvalue weighted by Crippen LogP contribution is -2.43. The van der Waals surface area contributed by atoms with Crippen molar-refractivity contribution >= 4 is 23.2 Å². The molecule has 1 fully saturated rings. The van der Waals surface area contributed by atoms with Crippen molar-refractivity contribution in [3.8, 4) is 5.69 Å². The second kappa shape index (κ2) is 10.5. The molecule has 4 rings (SSSR count). The number of imidazole rings is 1. The summed E-state index contributed by atoms with van der Waals surface area (Å²) < 4.78 is 41.0. The Bertz CT molecular complexity index is 1030. The first-order chi connectivity index (χ1) is 14.5. The first-order valence-corrected chi connectivity index (χ1v) is 11.6. The monoisotopic (exact) mass is 464 g/mol. The van der Waals surface area contributed by atoms with Gasteiger partial charge in [-0.05, 0) is 36.6 Å². The molecule has 0 spiro atoms. The average Bonchev–Trinajstić information content (AvgIpc) is 3.18. The van der Waals surface area contributed by atoms with E-state index in [-0.39, 0.29) is 42.3 Å². The van der Waals surface area contributed by atoms with Crippen LogP contribution in [0.15, 0.2) is 60.9 Å². The van der Waals surface area contributed by atoms with Gasteiger partial charge in [-0.3, -0.25) is 4.21 Å². The molecule has 5 nitrogen and oxygen atoms in total. The molecule has 3 aromatic rings. The number of nitrogens with zero attached hydrogens (tertiary/aromatic N) is 2. The van der Waals surface area contributed by atoms with E-state index in [9.17, 15) is 8.60 Å². The Hall–Kier alpha value is -2.06. The highest BCUT2D eigenvalue weighted by Crippen LogP contribution is 2.33. The number of hydrogen-bond acceptors (Lipinski definition) is 4. The zero-order chi connectivity index (χ0) is 21.1. The molecule has 0 aliphatic carbocycles. The second-order valence-electron chi connectivity index (χ2n) is 7.43. The third-order valence-corrected chi connectivity index (χ3v) is 6.82. The van der Waals surface area contributed by atoms with Gasteiger partial charge in [0.15, 0.2) is 0 Å². The molecule has 0 N–H and O–H groups in total. The largest absolute Gasteiger partial charge is 0.371 e. The van der Waals surface area contributed by atoms with E-state index in [4.69, 9.17) is 9.47 Å². The van der Waals surface area contributed by atoms with Crippen molar-refractivity contribution in [1.29, 1.82) is 0 Å². The van der Waals surface area contributed by atoms with Crippen molar-refractivity contribution in [2.45, 2.75) is 37.4 Å². The van der Waals surface area contributed by atoms with Gasteiger partial charge in [0.2, 0.25) is 0 Å². The summed E-state index contributed by atoms with van der Waals surface area (Å²) in [4.78, 5) is 4.14. The van der Waals surface area contributed by atoms with Crippen LogP contribution in [0.25, 0.3) is 5.69 Å². The fraction of sp³-hybridized carbons (Fsp3) is 0.348. The molecule has 2 aromatic carbocycles. The van der Waals surface area contributed by atoms with Crippen LogP contribution in [0.5, 0.6) is 0 Å². The predicted octanol–water partition coefficient (Wildman–Crippen LogP) is 4.54. The smallest absolute Gasteiger partial charge is 0.147 e. The van der Waals surface area contributed by atoms with E-state index in [0.29, 0.717) is 24.3 Å². The topological polar surface area (TPSA) is 53.4 Å². The lowest BCUT2D eigenvalue weighted by Gasteiger charge is -2.37. The Morgan fingerprint density at radius 2 is 2.03 bits per heavy atom. The molecule has 4 unspecified atom stereocenters. The molecule has 1 aliphatic heterocycles. The highest BCUT2D eigenvalue weighted by Gasteiger charge is 2.38. The Morgan fingerprint density at radius 1 is 1.26 bits per heavy atom. The normalized spacial score (nSPS) is 22.0. The van der Waals surface area contributed by atoms with Crippen LogP contribution < -0.4 is 0 Å². The van der Waals surface area contributed by atoms with Crippen molar-refractivity contribution in [1.82, 2.24) is 9.55 Å². The number of benzene rings is 2. The number of rotatable bonds is 6. The van der Waals surface area contributed by atoms with E-state index in [1.165, 1.54) is 6.07 Å². The van der Waals surface area contributed by atoms with Crippen molar-refractivity contribution < 1.29 is 18.1 Å². The van der Waals surface area contributed by atoms with Gasteiger partial charge >= 0.3 is 0 Å². The van der Waals surface area contributed by atoms with Crippen molar-refractivity contribution in [3.05, 3.63) is 83.7 Å². The van der Waals surface area contributed by atoms with Gasteiger partial charge in [0.05, 0.1) is 17.5 Å². The van der Waals surface area contributed by atoms with Gasteiger partial charge < -0.3 is 14.0 Å². The fourth-order valence-corrected chi connectivity index (χ4v) is 4.93. The zero-order valence-electron chi connectivity index (χ0n) is 17.4. The van der Waals surface area contributed by atoms with Crippen LogP contribution in [-0.4, -0.2) is 38.0 Å². The average molecular weight is 465 g/mol. The van der Waals surface area contributed by atoms with E-state index < -0.39 is 10.8 Å². The van der Waals surface area contributed by atoms with Gasteiger partial charge in [-0.25, -0.2) is 9.37 Å². The van der Waals surface area contributed by atoms with Crippen LogP contribution >= 0.6 is 12.4 Å². The van der Waals surface area contributed by atoms with E-state index in [0.717, 1.165) is 11.4 Å². The third-order valence-electron chi connectivity index (χ3n) is 5.46. The van der Waals surface area contributed by atoms with E-state index in [1.807, 2.05) is 43.3 Å². The molecule has 4 atom stereocenters. The fourth-order valence-electron chi connectivity index (χ4n) is 3.90. The minimum Gasteiger partial charge on any atom is -0.371 e. The maximum atomic E-state index is 14.7. The predicted molar refractivity (Wildman–Crippen MR) is 122 cm³/mol. The Labute approximate surface area is 190 Å². The van der Waals surface area contributed by atoms with E-state index >= 15 is 0 Å². The maximum absolute atomic E-state index is 14.7. The number of aromatic nitrogens is 2. The molecule has 0 bridgehead atoms. The molecule has 8 heteroatoms. The summed E-state index contributed by atoms with van der Waals surface area (Å²) in [6.07, 6.45) is 5.08. The summed E-state index contributed by atoms with van der Waals surface area (Å²) in [5.41, 5.74) is 2.16. The highest BCUT2D eigenvalue weighted by atomic mass is 35.5. The summed E-state index contributed by atoms with van der Waals surface area (Å²) >= 11 is 0. The Balaban J connectivity index is 0.00000272. The van der Waals surface area contributed by atoms with Gasteiger partial charge in [-0.15, -0.1) is 12.4 Å². The number of hydrogen-bond donors (Lipinski definition) is 0. The van der Waals surface area contributed by atoms with E-state index in [1.54, 1.807) is 29.3 Å². The third kappa shape index (κ3) is 5.23. The van der Waals surface area contributed by atoms with Gasteiger partial charge in [0.1, 0.15) is 23.8 Å². The van der Waals surface area contributed by atoms with Gasteiger partial charge in [-0.2, -0.15) is 0 Å². The maximum Gasteiger partial charge on any atom is 0.147 e. The van der Waals surface area contributed by atoms with E-state index in [2.05, 4.69) is 4.98 Å². The molecule has 166 valence electrons. The standard InChI is InChI=1S/C23H25FN2O3S.ClH/c1-16-25-11-12-26(16)20-9-8-17(14-19(20)24)15-29-23-21(30(2)27)10-13-28-22(23)18-6-4-3-5-7-18;/h3-9,11-12,14,21-23H,10,13,15H2,1-2H3;1H. The first kappa shape index (κ1) is 23.6. The van der Waals surface area contributed by atoms with Crippen LogP contribution in [0.1, 0.15) is 29.5 Å². The number of halogens is 2. The highest BCUT2D eigenvalue weighted by molar-refractivity contribution is 7.85. The number of aryl methyl sites for hydroxylation is 1. The quantitative estimate of drug-likeness (QED) is 0.537. The molecule has 2 heterocycles. The molecule has 1 saturated heterocycles. The van der Waals surface area contributed by atoms with Crippen molar-refractivity contribution in [3.63, 3.8) is 0 Å². The molecule has 0 radical (unpaired) electrons. The van der Waals surface area contributed by atoms with Crippen LogP contribution in [0.4, 0.5) is 4.39 Å². The van der Waals surface area contributed by atoms with Crippen LogP contribution in [0.2, 0.25) is 0 Å². The SMILES string of the molecule is Cc1nccn1-c1ccc(COC2C(c3ccccc3)OCCC2S(C)=O)cc1F.Cl. The molecule has 1 aliphatic rings. The van der Waals surface area contributed by atoms with Crippen molar-refractivity contribution in [2.75, 3.05) is 12.9 Å². The van der Waals surface area contributed by atoms with Gasteiger partial charge in [0.25, 0.3) is 0 Å². The summed E-state index contributed by atoms with van der Waals surface area (Å²) in [6, 6.07) is 14.9. The molecule has 1 aromatic heterocycles.